The Balaban J connectivity index is 2.23. The minimum Gasteiger partial charge on any atom is -0.480 e. The molecule has 0 radical (unpaired) electrons. The van der Waals surface area contributed by atoms with Crippen LogP contribution >= 0.6 is 39.9 Å². The van der Waals surface area contributed by atoms with Gasteiger partial charge >= 0.3 is 5.97 Å². The second-order valence-electron chi connectivity index (χ2n) is 3.71. The third-order valence-electron chi connectivity index (χ3n) is 2.33. The van der Waals surface area contributed by atoms with Crippen molar-refractivity contribution in [3.8, 4) is 0 Å². The van der Waals surface area contributed by atoms with Crippen LogP contribution in [0, 0.1) is 0 Å². The molecular formula is C12H8BrNO3S2. The topological polar surface area (TPSA) is 57.6 Å². The summed E-state index contributed by atoms with van der Waals surface area (Å²) in [5.74, 6) is -1.08. The van der Waals surface area contributed by atoms with E-state index in [-0.39, 0.29) is 10.2 Å². The fourth-order valence-corrected chi connectivity index (χ4v) is 2.98. The average Bonchev–Trinajstić information content (AvgIpc) is 2.60. The van der Waals surface area contributed by atoms with Crippen molar-refractivity contribution in [1.82, 2.24) is 4.90 Å². The van der Waals surface area contributed by atoms with Crippen molar-refractivity contribution in [2.24, 2.45) is 0 Å². The molecule has 1 amide bonds. The number of amides is 1. The minimum atomic E-state index is -1.08. The number of carbonyl (C=O) groups is 2. The summed E-state index contributed by atoms with van der Waals surface area (Å²) in [6.07, 6.45) is 1.78. The van der Waals surface area contributed by atoms with Gasteiger partial charge in [0.2, 0.25) is 0 Å². The number of benzene rings is 1. The molecule has 7 heteroatoms. The second-order valence-corrected chi connectivity index (χ2v) is 6.01. The average molecular weight is 358 g/mol. The summed E-state index contributed by atoms with van der Waals surface area (Å²) in [6, 6.07) is 7.52. The van der Waals surface area contributed by atoms with Crippen molar-refractivity contribution in [2.75, 3.05) is 6.54 Å². The van der Waals surface area contributed by atoms with E-state index in [1.165, 1.54) is 0 Å². The van der Waals surface area contributed by atoms with Crippen molar-refractivity contribution >= 4 is 62.2 Å². The molecule has 1 heterocycles. The summed E-state index contributed by atoms with van der Waals surface area (Å²) >= 11 is 9.42. The van der Waals surface area contributed by atoms with Gasteiger partial charge in [-0.1, -0.05) is 40.3 Å². The third kappa shape index (κ3) is 3.43. The summed E-state index contributed by atoms with van der Waals surface area (Å²) in [6.45, 7) is -0.400. The number of carboxylic acids is 1. The van der Waals surface area contributed by atoms with Gasteiger partial charge in [0.05, 0.1) is 4.91 Å². The lowest BCUT2D eigenvalue weighted by Crippen LogP contribution is -2.32. The Hall–Kier alpha value is -1.18. The number of nitrogens with zero attached hydrogens (tertiary/aromatic N) is 1. The summed E-state index contributed by atoms with van der Waals surface area (Å²) in [5, 5.41) is 8.38. The normalized spacial score (nSPS) is 17.3. The number of rotatable bonds is 3. The van der Waals surface area contributed by atoms with Crippen LogP contribution in [0.15, 0.2) is 33.6 Å². The van der Waals surface area contributed by atoms with Gasteiger partial charge in [-0.05, 0) is 35.5 Å². The molecule has 98 valence electrons. The van der Waals surface area contributed by atoms with Crippen LogP contribution < -0.4 is 0 Å². The predicted octanol–water partition coefficient (Wildman–Crippen LogP) is 3.37. The summed E-state index contributed by atoms with van der Waals surface area (Å²) in [7, 11) is 0. The first-order chi connectivity index (χ1) is 8.97. The van der Waals surface area contributed by atoms with Gasteiger partial charge in [-0.2, -0.15) is 0 Å². The Morgan fingerprint density at radius 2 is 2.05 bits per heavy atom. The van der Waals surface area contributed by atoms with E-state index in [0.29, 0.717) is 4.91 Å². The molecule has 1 fully saturated rings. The van der Waals surface area contributed by atoms with Crippen LogP contribution in [0.5, 0.6) is 0 Å². The van der Waals surface area contributed by atoms with Crippen LogP contribution in [0.3, 0.4) is 0 Å². The highest BCUT2D eigenvalue weighted by molar-refractivity contribution is 9.10. The van der Waals surface area contributed by atoms with Gasteiger partial charge < -0.3 is 5.11 Å². The summed E-state index contributed by atoms with van der Waals surface area (Å²) < 4.78 is 0.958. The standard InChI is InChI=1S/C12H8BrNO3S2/c13-8-3-1-7(2-4-8)5-9-11(18)14(6-10(15)16)12(17)19-9/h1-5H,6H2,(H,15,16). The van der Waals surface area contributed by atoms with E-state index in [2.05, 4.69) is 15.9 Å². The molecule has 1 aromatic carbocycles. The van der Waals surface area contributed by atoms with E-state index in [1.807, 2.05) is 24.3 Å². The van der Waals surface area contributed by atoms with E-state index in [4.69, 9.17) is 17.3 Å². The number of halogens is 1. The first-order valence-electron chi connectivity index (χ1n) is 5.20. The van der Waals surface area contributed by atoms with Crippen molar-refractivity contribution in [3.05, 3.63) is 39.2 Å². The van der Waals surface area contributed by atoms with Gasteiger partial charge in [0.15, 0.2) is 0 Å². The third-order valence-corrected chi connectivity index (χ3v) is 4.36. The highest BCUT2D eigenvalue weighted by Gasteiger charge is 2.32. The maximum atomic E-state index is 11.7. The van der Waals surface area contributed by atoms with Crippen molar-refractivity contribution in [1.29, 1.82) is 0 Å². The maximum absolute atomic E-state index is 11.7. The number of carbonyl (C=O) groups excluding carboxylic acids is 1. The molecule has 4 nitrogen and oxygen atoms in total. The number of hydrogen-bond donors (Lipinski definition) is 1. The molecule has 0 bridgehead atoms. The van der Waals surface area contributed by atoms with Crippen LogP contribution in [0.2, 0.25) is 0 Å². The summed E-state index contributed by atoms with van der Waals surface area (Å²) in [5.41, 5.74) is 0.901. The Kier molecular flexibility index (Phi) is 4.38. The largest absolute Gasteiger partial charge is 0.480 e. The quantitative estimate of drug-likeness (QED) is 0.663. The molecule has 1 aliphatic heterocycles. The Morgan fingerprint density at radius 1 is 1.42 bits per heavy atom. The van der Waals surface area contributed by atoms with Crippen LogP contribution in [0.4, 0.5) is 4.79 Å². The van der Waals surface area contributed by atoms with E-state index in [1.54, 1.807) is 6.08 Å². The highest BCUT2D eigenvalue weighted by Crippen LogP contribution is 2.33. The van der Waals surface area contributed by atoms with Gasteiger partial charge in [0.1, 0.15) is 11.5 Å². The van der Waals surface area contributed by atoms with E-state index in [0.717, 1.165) is 26.7 Å². The number of thioether (sulfide) groups is 1. The van der Waals surface area contributed by atoms with E-state index < -0.39 is 12.5 Å². The number of aliphatic carboxylic acids is 1. The molecule has 1 aliphatic rings. The Bertz CT molecular complexity index is 583. The second kappa shape index (κ2) is 5.85. The molecule has 0 saturated carbocycles. The Morgan fingerprint density at radius 3 is 2.63 bits per heavy atom. The SMILES string of the molecule is O=C(O)CN1C(=O)SC(=Cc2ccc(Br)cc2)C1=S. The van der Waals surface area contributed by atoms with Crippen molar-refractivity contribution in [2.45, 2.75) is 0 Å². The lowest BCUT2D eigenvalue weighted by Gasteiger charge is -2.10. The molecule has 0 aliphatic carbocycles. The fourth-order valence-electron chi connectivity index (χ4n) is 1.48. The first kappa shape index (κ1) is 14.2. The molecule has 0 aromatic heterocycles. The van der Waals surface area contributed by atoms with Gasteiger partial charge in [-0.15, -0.1) is 0 Å². The zero-order valence-electron chi connectivity index (χ0n) is 9.50. The van der Waals surface area contributed by atoms with E-state index >= 15 is 0 Å². The van der Waals surface area contributed by atoms with Crippen LogP contribution in [0.1, 0.15) is 5.56 Å². The lowest BCUT2D eigenvalue weighted by atomic mass is 10.2. The maximum Gasteiger partial charge on any atom is 0.323 e. The molecular weight excluding hydrogens is 350 g/mol. The first-order valence-corrected chi connectivity index (χ1v) is 7.22. The van der Waals surface area contributed by atoms with E-state index in [9.17, 15) is 9.59 Å². The molecule has 1 aromatic rings. The summed E-state index contributed by atoms with van der Waals surface area (Å²) in [4.78, 5) is 24.3. The molecule has 2 rings (SSSR count). The van der Waals surface area contributed by atoms with Crippen LogP contribution in [-0.4, -0.2) is 32.7 Å². The zero-order chi connectivity index (χ0) is 14.0. The smallest absolute Gasteiger partial charge is 0.323 e. The molecule has 0 unspecified atom stereocenters. The van der Waals surface area contributed by atoms with Gasteiger partial charge in [0, 0.05) is 4.47 Å². The number of hydrogen-bond acceptors (Lipinski definition) is 4. The highest BCUT2D eigenvalue weighted by atomic mass is 79.9. The fraction of sp³-hybridized carbons (Fsp3) is 0.0833. The van der Waals surface area contributed by atoms with Crippen molar-refractivity contribution < 1.29 is 14.7 Å². The molecule has 19 heavy (non-hydrogen) atoms. The molecule has 0 atom stereocenters. The predicted molar refractivity (Wildman–Crippen MR) is 82.0 cm³/mol. The molecule has 1 N–H and O–H groups in total. The van der Waals surface area contributed by atoms with Crippen LogP contribution in [0.25, 0.3) is 6.08 Å². The van der Waals surface area contributed by atoms with Gasteiger partial charge in [-0.25, -0.2) is 0 Å². The van der Waals surface area contributed by atoms with Crippen molar-refractivity contribution in [3.63, 3.8) is 0 Å². The van der Waals surface area contributed by atoms with Gasteiger partial charge in [-0.3, -0.25) is 14.5 Å². The molecule has 1 saturated heterocycles. The molecule has 0 spiro atoms. The lowest BCUT2D eigenvalue weighted by molar-refractivity contribution is -0.136. The number of thiocarbonyl (C=S) groups is 1. The minimum absolute atomic E-state index is 0.264. The zero-order valence-corrected chi connectivity index (χ0v) is 12.7. The monoisotopic (exact) mass is 357 g/mol. The van der Waals surface area contributed by atoms with Gasteiger partial charge in [0.25, 0.3) is 5.24 Å². The van der Waals surface area contributed by atoms with Crippen LogP contribution in [-0.2, 0) is 4.79 Å². The Labute approximate surface area is 127 Å². The number of carboxylic acid groups (broad SMARTS) is 1.